The van der Waals surface area contributed by atoms with Gasteiger partial charge >= 0.3 is 0 Å². The average molecular weight is 286 g/mol. The van der Waals surface area contributed by atoms with E-state index in [0.29, 0.717) is 12.0 Å². The third kappa shape index (κ3) is 2.58. The number of rotatable bonds is 3. The van der Waals surface area contributed by atoms with Crippen molar-refractivity contribution in [1.82, 2.24) is 4.90 Å². The first-order valence-corrected chi connectivity index (χ1v) is 8.58. The highest BCUT2D eigenvalue weighted by molar-refractivity contribution is 5.41. The Kier molecular flexibility index (Phi) is 3.64. The van der Waals surface area contributed by atoms with Crippen molar-refractivity contribution in [1.29, 1.82) is 0 Å². The Bertz CT molecular complexity index is 512. The number of likely N-dealkylation sites (tertiary alicyclic amines) is 1. The molecule has 4 rings (SSSR count). The van der Waals surface area contributed by atoms with E-state index in [-0.39, 0.29) is 0 Å². The van der Waals surface area contributed by atoms with Crippen LogP contribution in [0.1, 0.15) is 49.3 Å². The Morgan fingerprint density at radius 3 is 2.90 bits per heavy atom. The van der Waals surface area contributed by atoms with Gasteiger partial charge in [0.05, 0.1) is 6.61 Å². The summed E-state index contributed by atoms with van der Waals surface area (Å²) in [6.45, 7) is 2.90. The fourth-order valence-electron chi connectivity index (χ4n) is 4.19. The molecule has 0 spiro atoms. The van der Waals surface area contributed by atoms with Gasteiger partial charge in [-0.05, 0) is 61.9 Å². The molecular weight excluding hydrogens is 260 g/mol. The van der Waals surface area contributed by atoms with E-state index in [1.54, 1.807) is 0 Å². The molecule has 2 N–H and O–H groups in total. The quantitative estimate of drug-likeness (QED) is 0.928. The molecule has 21 heavy (non-hydrogen) atoms. The second kappa shape index (κ2) is 5.62. The third-order valence-corrected chi connectivity index (χ3v) is 5.42. The van der Waals surface area contributed by atoms with E-state index < -0.39 is 0 Å². The Balaban J connectivity index is 1.69. The minimum atomic E-state index is 0.524. The lowest BCUT2D eigenvalue weighted by molar-refractivity contribution is 0.149. The number of ether oxygens (including phenoxy) is 1. The molecule has 2 atom stereocenters. The summed E-state index contributed by atoms with van der Waals surface area (Å²) < 4.78 is 5.67. The van der Waals surface area contributed by atoms with E-state index in [4.69, 9.17) is 10.5 Å². The summed E-state index contributed by atoms with van der Waals surface area (Å²) in [7, 11) is 0. The molecule has 1 aliphatic carbocycles. The van der Waals surface area contributed by atoms with Crippen molar-refractivity contribution in [2.24, 2.45) is 11.7 Å². The number of nitrogens with two attached hydrogens (primary N) is 1. The predicted octanol–water partition coefficient (Wildman–Crippen LogP) is 2.89. The van der Waals surface area contributed by atoms with Crippen LogP contribution in [0.4, 0.5) is 0 Å². The topological polar surface area (TPSA) is 38.5 Å². The maximum atomic E-state index is 6.14. The lowest BCUT2D eigenvalue weighted by atomic mass is 9.88. The highest BCUT2D eigenvalue weighted by Gasteiger charge is 2.39. The molecule has 0 bridgehead atoms. The fourth-order valence-corrected chi connectivity index (χ4v) is 4.19. The standard InChI is InChI=1S/C18H26N2O/c19-12-15-3-1-2-9-20(16-5-6-16)18(15)14-4-7-17-13(11-14)8-10-21-17/h4,7,11,15-16,18H,1-3,5-6,8-10,12,19H2. The second-order valence-corrected chi connectivity index (χ2v) is 6.87. The monoisotopic (exact) mass is 286 g/mol. The van der Waals surface area contributed by atoms with Crippen molar-refractivity contribution in [3.8, 4) is 5.75 Å². The van der Waals surface area contributed by atoms with Gasteiger partial charge < -0.3 is 10.5 Å². The van der Waals surface area contributed by atoms with E-state index in [1.807, 2.05) is 0 Å². The molecule has 3 aliphatic rings. The molecule has 1 saturated carbocycles. The minimum absolute atomic E-state index is 0.524. The number of nitrogens with zero attached hydrogens (tertiary/aromatic N) is 1. The number of fused-ring (bicyclic) bond motifs is 1. The van der Waals surface area contributed by atoms with Gasteiger partial charge in [-0.2, -0.15) is 0 Å². The summed E-state index contributed by atoms with van der Waals surface area (Å²) >= 11 is 0. The molecular formula is C18H26N2O. The molecule has 2 aliphatic heterocycles. The molecule has 0 aromatic heterocycles. The molecule has 2 heterocycles. The fraction of sp³-hybridized carbons (Fsp3) is 0.667. The van der Waals surface area contributed by atoms with Gasteiger partial charge in [0, 0.05) is 18.5 Å². The van der Waals surface area contributed by atoms with Gasteiger partial charge in [-0.25, -0.2) is 0 Å². The molecule has 2 unspecified atom stereocenters. The van der Waals surface area contributed by atoms with Gasteiger partial charge in [-0.15, -0.1) is 0 Å². The van der Waals surface area contributed by atoms with Crippen LogP contribution in [0.3, 0.4) is 0 Å². The van der Waals surface area contributed by atoms with Gasteiger partial charge in [0.15, 0.2) is 0 Å². The molecule has 3 nitrogen and oxygen atoms in total. The van der Waals surface area contributed by atoms with E-state index in [0.717, 1.165) is 31.4 Å². The summed E-state index contributed by atoms with van der Waals surface area (Å²) in [5.74, 6) is 1.70. The van der Waals surface area contributed by atoms with Gasteiger partial charge in [0.1, 0.15) is 5.75 Å². The van der Waals surface area contributed by atoms with Crippen LogP contribution in [-0.2, 0) is 6.42 Å². The normalized spacial score (nSPS) is 29.8. The van der Waals surface area contributed by atoms with E-state index in [1.165, 1.54) is 49.8 Å². The Hall–Kier alpha value is -1.06. The van der Waals surface area contributed by atoms with Crippen molar-refractivity contribution in [3.05, 3.63) is 29.3 Å². The number of hydrogen-bond donors (Lipinski definition) is 1. The Labute approximate surface area is 127 Å². The number of benzene rings is 1. The summed E-state index contributed by atoms with van der Waals surface area (Å²) in [6.07, 6.45) is 7.75. The molecule has 3 heteroatoms. The van der Waals surface area contributed by atoms with Crippen molar-refractivity contribution < 1.29 is 4.74 Å². The Morgan fingerprint density at radius 2 is 2.10 bits per heavy atom. The highest BCUT2D eigenvalue weighted by Crippen LogP contribution is 2.42. The average Bonchev–Trinajstić information content (AvgIpc) is 3.27. The largest absolute Gasteiger partial charge is 0.493 e. The first kappa shape index (κ1) is 13.6. The zero-order valence-corrected chi connectivity index (χ0v) is 12.8. The van der Waals surface area contributed by atoms with Crippen molar-refractivity contribution >= 4 is 0 Å². The zero-order valence-electron chi connectivity index (χ0n) is 12.8. The van der Waals surface area contributed by atoms with Crippen LogP contribution in [0, 0.1) is 5.92 Å². The van der Waals surface area contributed by atoms with E-state index in [2.05, 4.69) is 23.1 Å². The highest BCUT2D eigenvalue weighted by atomic mass is 16.5. The third-order valence-electron chi connectivity index (χ3n) is 5.42. The van der Waals surface area contributed by atoms with Crippen LogP contribution in [0.5, 0.6) is 5.75 Å². The van der Waals surface area contributed by atoms with Crippen molar-refractivity contribution in [2.45, 2.75) is 50.6 Å². The molecule has 1 aromatic rings. The molecule has 2 fully saturated rings. The SMILES string of the molecule is NCC1CCCCN(C2CC2)C1c1ccc2c(c1)CCO2. The summed E-state index contributed by atoms with van der Waals surface area (Å²) in [6, 6.07) is 8.21. The van der Waals surface area contributed by atoms with Crippen molar-refractivity contribution in [2.75, 3.05) is 19.7 Å². The summed E-state index contributed by atoms with van der Waals surface area (Å²) in [5, 5.41) is 0. The van der Waals surface area contributed by atoms with Crippen LogP contribution >= 0.6 is 0 Å². The lowest BCUT2D eigenvalue weighted by Crippen LogP contribution is -2.37. The zero-order chi connectivity index (χ0) is 14.2. The Morgan fingerprint density at radius 1 is 1.19 bits per heavy atom. The predicted molar refractivity (Wildman–Crippen MR) is 84.5 cm³/mol. The van der Waals surface area contributed by atoms with Crippen LogP contribution < -0.4 is 10.5 Å². The van der Waals surface area contributed by atoms with Crippen LogP contribution in [-0.4, -0.2) is 30.6 Å². The van der Waals surface area contributed by atoms with Crippen molar-refractivity contribution in [3.63, 3.8) is 0 Å². The number of hydrogen-bond acceptors (Lipinski definition) is 3. The first-order chi connectivity index (χ1) is 10.4. The summed E-state index contributed by atoms with van der Waals surface area (Å²) in [4.78, 5) is 2.77. The van der Waals surface area contributed by atoms with Gasteiger partial charge in [-0.1, -0.05) is 18.6 Å². The lowest BCUT2D eigenvalue weighted by Gasteiger charge is -2.35. The van der Waals surface area contributed by atoms with Crippen LogP contribution in [0.15, 0.2) is 18.2 Å². The maximum Gasteiger partial charge on any atom is 0.122 e. The maximum absolute atomic E-state index is 6.14. The second-order valence-electron chi connectivity index (χ2n) is 6.87. The van der Waals surface area contributed by atoms with Crippen LogP contribution in [0.2, 0.25) is 0 Å². The molecule has 0 amide bonds. The first-order valence-electron chi connectivity index (χ1n) is 8.58. The minimum Gasteiger partial charge on any atom is -0.493 e. The molecule has 1 saturated heterocycles. The van der Waals surface area contributed by atoms with E-state index >= 15 is 0 Å². The molecule has 114 valence electrons. The van der Waals surface area contributed by atoms with Gasteiger partial charge in [0.25, 0.3) is 0 Å². The summed E-state index contributed by atoms with van der Waals surface area (Å²) in [5.41, 5.74) is 9.01. The molecule has 0 radical (unpaired) electrons. The van der Waals surface area contributed by atoms with Crippen LogP contribution in [0.25, 0.3) is 0 Å². The van der Waals surface area contributed by atoms with E-state index in [9.17, 15) is 0 Å². The smallest absolute Gasteiger partial charge is 0.122 e. The molecule has 1 aromatic carbocycles. The van der Waals surface area contributed by atoms with Gasteiger partial charge in [-0.3, -0.25) is 4.90 Å². The van der Waals surface area contributed by atoms with Gasteiger partial charge in [0.2, 0.25) is 0 Å².